The molecule has 6 nitrogen and oxygen atoms in total. The van der Waals surface area contributed by atoms with Crippen LogP contribution in [0.3, 0.4) is 0 Å². The van der Waals surface area contributed by atoms with Crippen LogP contribution in [-0.4, -0.2) is 56.4 Å². The molecule has 160 valence electrons. The van der Waals surface area contributed by atoms with Gasteiger partial charge in [-0.05, 0) is 69.6 Å². The van der Waals surface area contributed by atoms with Crippen molar-refractivity contribution in [1.82, 2.24) is 10.2 Å². The molecule has 1 aliphatic heterocycles. The SMILES string of the molecule is CC(=Nc1ccccc1C)[C@H]1CC(NC(=O)Nc2ccc(N(C)C)cc2)CCN1C. The molecule has 3 rings (SSSR count). The molecule has 1 heterocycles. The fraction of sp³-hybridized carbons (Fsp3) is 0.417. The summed E-state index contributed by atoms with van der Waals surface area (Å²) in [5, 5.41) is 6.09. The Labute approximate surface area is 180 Å². The molecule has 6 heteroatoms. The smallest absolute Gasteiger partial charge is 0.319 e. The number of nitrogens with zero attached hydrogens (tertiary/aromatic N) is 3. The lowest BCUT2D eigenvalue weighted by Gasteiger charge is -2.37. The molecule has 2 N–H and O–H groups in total. The van der Waals surface area contributed by atoms with E-state index in [4.69, 9.17) is 4.99 Å². The number of amides is 2. The van der Waals surface area contributed by atoms with Crippen LogP contribution in [0.5, 0.6) is 0 Å². The van der Waals surface area contributed by atoms with Crippen molar-refractivity contribution in [2.75, 3.05) is 37.9 Å². The summed E-state index contributed by atoms with van der Waals surface area (Å²) in [5.41, 5.74) is 5.16. The monoisotopic (exact) mass is 407 g/mol. The molecule has 1 saturated heterocycles. The molecular weight excluding hydrogens is 374 g/mol. The topological polar surface area (TPSA) is 60.0 Å². The van der Waals surface area contributed by atoms with Crippen molar-refractivity contribution in [3.63, 3.8) is 0 Å². The van der Waals surface area contributed by atoms with E-state index in [1.165, 1.54) is 5.56 Å². The van der Waals surface area contributed by atoms with Gasteiger partial charge in [-0.1, -0.05) is 18.2 Å². The zero-order valence-corrected chi connectivity index (χ0v) is 18.6. The summed E-state index contributed by atoms with van der Waals surface area (Å²) in [6.45, 7) is 5.09. The molecule has 2 aromatic carbocycles. The second-order valence-electron chi connectivity index (χ2n) is 8.30. The number of para-hydroxylation sites is 1. The van der Waals surface area contributed by atoms with E-state index in [2.05, 4.69) is 42.5 Å². The van der Waals surface area contributed by atoms with Gasteiger partial charge in [-0.25, -0.2) is 4.79 Å². The van der Waals surface area contributed by atoms with Crippen molar-refractivity contribution in [3.05, 3.63) is 54.1 Å². The van der Waals surface area contributed by atoms with Crippen LogP contribution in [-0.2, 0) is 0 Å². The second kappa shape index (κ2) is 9.76. The highest BCUT2D eigenvalue weighted by Crippen LogP contribution is 2.23. The van der Waals surface area contributed by atoms with Gasteiger partial charge in [-0.15, -0.1) is 0 Å². The van der Waals surface area contributed by atoms with E-state index in [1.54, 1.807) is 0 Å². The quantitative estimate of drug-likeness (QED) is 0.721. The van der Waals surface area contributed by atoms with Crippen molar-refractivity contribution in [1.29, 1.82) is 0 Å². The highest BCUT2D eigenvalue weighted by molar-refractivity contribution is 5.91. The molecule has 0 aliphatic carbocycles. The van der Waals surface area contributed by atoms with E-state index in [9.17, 15) is 4.79 Å². The van der Waals surface area contributed by atoms with Crippen molar-refractivity contribution in [2.24, 2.45) is 4.99 Å². The fourth-order valence-corrected chi connectivity index (χ4v) is 3.85. The number of anilines is 2. The summed E-state index contributed by atoms with van der Waals surface area (Å²) in [6, 6.07) is 16.2. The Morgan fingerprint density at radius 1 is 1.13 bits per heavy atom. The number of carbonyl (C=O) groups is 1. The van der Waals surface area contributed by atoms with Crippen LogP contribution >= 0.6 is 0 Å². The lowest BCUT2D eigenvalue weighted by Crippen LogP contribution is -2.51. The highest BCUT2D eigenvalue weighted by Gasteiger charge is 2.29. The molecule has 2 atom stereocenters. The molecule has 0 bridgehead atoms. The summed E-state index contributed by atoms with van der Waals surface area (Å²) in [7, 11) is 6.12. The van der Waals surface area contributed by atoms with Crippen LogP contribution in [0.25, 0.3) is 0 Å². The first kappa shape index (κ1) is 21.8. The van der Waals surface area contributed by atoms with Crippen molar-refractivity contribution in [3.8, 4) is 0 Å². The molecular formula is C24H33N5O. The van der Waals surface area contributed by atoms with Crippen LogP contribution in [0.2, 0.25) is 0 Å². The van der Waals surface area contributed by atoms with Gasteiger partial charge in [0.2, 0.25) is 0 Å². The lowest BCUT2D eigenvalue weighted by molar-refractivity contribution is 0.196. The largest absolute Gasteiger partial charge is 0.378 e. The Hall–Kier alpha value is -2.86. The summed E-state index contributed by atoms with van der Waals surface area (Å²) in [5.74, 6) is 0. The molecule has 2 amide bonds. The van der Waals surface area contributed by atoms with Gasteiger partial charge in [0.05, 0.1) is 5.69 Å². The van der Waals surface area contributed by atoms with Gasteiger partial charge in [-0.3, -0.25) is 9.89 Å². The van der Waals surface area contributed by atoms with Gasteiger partial charge in [0.1, 0.15) is 0 Å². The second-order valence-corrected chi connectivity index (χ2v) is 8.30. The minimum atomic E-state index is -0.158. The Morgan fingerprint density at radius 3 is 2.50 bits per heavy atom. The van der Waals surface area contributed by atoms with E-state index < -0.39 is 0 Å². The number of urea groups is 1. The number of rotatable bonds is 5. The Morgan fingerprint density at radius 2 is 1.83 bits per heavy atom. The number of piperidine rings is 1. The molecule has 0 radical (unpaired) electrons. The number of likely N-dealkylation sites (tertiary alicyclic amines) is 1. The van der Waals surface area contributed by atoms with E-state index in [0.29, 0.717) is 0 Å². The number of benzene rings is 2. The minimum Gasteiger partial charge on any atom is -0.378 e. The van der Waals surface area contributed by atoms with Gasteiger partial charge in [0.25, 0.3) is 0 Å². The van der Waals surface area contributed by atoms with Crippen LogP contribution < -0.4 is 15.5 Å². The summed E-state index contributed by atoms with van der Waals surface area (Å²) in [6.07, 6.45) is 1.78. The maximum absolute atomic E-state index is 12.5. The van der Waals surface area contributed by atoms with Crippen LogP contribution in [0.15, 0.2) is 53.5 Å². The fourth-order valence-electron chi connectivity index (χ4n) is 3.85. The summed E-state index contributed by atoms with van der Waals surface area (Å²) < 4.78 is 0. The van der Waals surface area contributed by atoms with Gasteiger partial charge in [0, 0.05) is 49.8 Å². The molecule has 1 aliphatic rings. The molecule has 0 spiro atoms. The predicted molar refractivity (Wildman–Crippen MR) is 126 cm³/mol. The summed E-state index contributed by atoms with van der Waals surface area (Å²) in [4.78, 5) is 21.8. The van der Waals surface area contributed by atoms with Crippen LogP contribution in [0.4, 0.5) is 21.9 Å². The average molecular weight is 408 g/mol. The average Bonchev–Trinajstić information content (AvgIpc) is 2.71. The molecule has 0 saturated carbocycles. The van der Waals surface area contributed by atoms with E-state index >= 15 is 0 Å². The Kier molecular flexibility index (Phi) is 7.11. The Bertz CT molecular complexity index is 891. The molecule has 1 unspecified atom stereocenters. The normalized spacial score (nSPS) is 20.0. The number of hydrogen-bond donors (Lipinski definition) is 2. The third-order valence-electron chi connectivity index (χ3n) is 5.74. The van der Waals surface area contributed by atoms with E-state index in [-0.39, 0.29) is 18.1 Å². The molecule has 1 fully saturated rings. The highest BCUT2D eigenvalue weighted by atomic mass is 16.2. The van der Waals surface area contributed by atoms with E-state index in [1.807, 2.05) is 61.5 Å². The number of nitrogens with one attached hydrogen (secondary N) is 2. The molecule has 2 aromatic rings. The Balaban J connectivity index is 1.60. The van der Waals surface area contributed by atoms with Crippen LogP contribution in [0, 0.1) is 6.92 Å². The number of aliphatic imine (C=N–C) groups is 1. The first-order valence-electron chi connectivity index (χ1n) is 10.5. The maximum atomic E-state index is 12.5. The van der Waals surface area contributed by atoms with Gasteiger partial charge in [0.15, 0.2) is 0 Å². The number of carbonyl (C=O) groups excluding carboxylic acids is 1. The van der Waals surface area contributed by atoms with Crippen molar-refractivity contribution >= 4 is 28.8 Å². The number of hydrogen-bond acceptors (Lipinski definition) is 4. The third-order valence-corrected chi connectivity index (χ3v) is 5.74. The van der Waals surface area contributed by atoms with Gasteiger partial charge in [-0.2, -0.15) is 0 Å². The molecule has 30 heavy (non-hydrogen) atoms. The van der Waals surface area contributed by atoms with Gasteiger partial charge < -0.3 is 15.5 Å². The first-order valence-corrected chi connectivity index (χ1v) is 10.5. The van der Waals surface area contributed by atoms with Crippen molar-refractivity contribution in [2.45, 2.75) is 38.8 Å². The van der Waals surface area contributed by atoms with Crippen molar-refractivity contribution < 1.29 is 4.79 Å². The standard InChI is InChI=1S/C24H33N5O/c1-17-8-6-7-9-22(17)25-18(2)23-16-20(14-15-29(23)5)27-24(30)26-19-10-12-21(13-11-19)28(3)4/h6-13,20,23H,14-16H2,1-5H3,(H2,26,27,30)/t20?,23-/m1/s1. The third kappa shape index (κ3) is 5.60. The summed E-state index contributed by atoms with van der Waals surface area (Å²) >= 11 is 0. The predicted octanol–water partition coefficient (Wildman–Crippen LogP) is 4.44. The van der Waals surface area contributed by atoms with Gasteiger partial charge >= 0.3 is 6.03 Å². The lowest BCUT2D eigenvalue weighted by atomic mass is 9.94. The zero-order chi connectivity index (χ0) is 21.7. The number of aryl methyl sites for hydroxylation is 1. The zero-order valence-electron chi connectivity index (χ0n) is 18.6. The van der Waals surface area contributed by atoms with Crippen LogP contribution in [0.1, 0.15) is 25.3 Å². The minimum absolute atomic E-state index is 0.120. The molecule has 0 aromatic heterocycles. The maximum Gasteiger partial charge on any atom is 0.319 e. The van der Waals surface area contributed by atoms with E-state index in [0.717, 1.165) is 42.2 Å². The first-order chi connectivity index (χ1) is 14.3.